The summed E-state index contributed by atoms with van der Waals surface area (Å²) in [6, 6.07) is 5.64. The van der Waals surface area contributed by atoms with E-state index in [4.69, 9.17) is 0 Å². The van der Waals surface area contributed by atoms with Gasteiger partial charge in [-0.05, 0) is 17.7 Å². The van der Waals surface area contributed by atoms with Crippen LogP contribution in [0.2, 0.25) is 0 Å². The molecule has 1 aromatic rings. The van der Waals surface area contributed by atoms with Crippen LogP contribution in [0.1, 0.15) is 11.7 Å². The van der Waals surface area contributed by atoms with Gasteiger partial charge in [-0.25, -0.2) is 8.78 Å². The zero-order valence-electron chi connectivity index (χ0n) is 9.13. The van der Waals surface area contributed by atoms with Crippen molar-refractivity contribution in [2.24, 2.45) is 0 Å². The van der Waals surface area contributed by atoms with Gasteiger partial charge in [-0.1, -0.05) is 12.1 Å². The van der Waals surface area contributed by atoms with Crippen LogP contribution in [-0.4, -0.2) is 37.6 Å². The summed E-state index contributed by atoms with van der Waals surface area (Å²) in [5.74, 6) is -0.321. The van der Waals surface area contributed by atoms with Crippen molar-refractivity contribution < 1.29 is 8.78 Å². The van der Waals surface area contributed by atoms with Gasteiger partial charge in [0.1, 0.15) is 12.0 Å². The Morgan fingerprint density at radius 1 is 1.19 bits per heavy atom. The topological polar surface area (TPSA) is 15.3 Å². The van der Waals surface area contributed by atoms with E-state index in [0.717, 1.165) is 26.2 Å². The predicted molar refractivity (Wildman–Crippen MR) is 59.6 cm³/mol. The Bertz CT molecular complexity index is 320. The molecule has 1 aromatic carbocycles. The van der Waals surface area contributed by atoms with Crippen LogP contribution >= 0.6 is 0 Å². The van der Waals surface area contributed by atoms with Crippen molar-refractivity contribution in [2.75, 3.05) is 32.7 Å². The van der Waals surface area contributed by atoms with Crippen molar-refractivity contribution in [1.82, 2.24) is 10.2 Å². The Labute approximate surface area is 94.3 Å². The smallest absolute Gasteiger partial charge is 0.138 e. The quantitative estimate of drug-likeness (QED) is 0.844. The zero-order chi connectivity index (χ0) is 11.4. The number of hydrogen-bond donors (Lipinski definition) is 1. The van der Waals surface area contributed by atoms with Crippen LogP contribution in [0, 0.1) is 5.82 Å². The predicted octanol–water partition coefficient (Wildman–Crippen LogP) is 1.74. The average Bonchev–Trinajstić information content (AvgIpc) is 2.31. The molecule has 0 bridgehead atoms. The molecule has 0 spiro atoms. The molecule has 1 heterocycles. The highest BCUT2D eigenvalue weighted by molar-refractivity contribution is 5.18. The molecule has 1 aliphatic heterocycles. The van der Waals surface area contributed by atoms with Gasteiger partial charge in [0.25, 0.3) is 0 Å². The van der Waals surface area contributed by atoms with Gasteiger partial charge in [-0.2, -0.15) is 0 Å². The van der Waals surface area contributed by atoms with Crippen molar-refractivity contribution in [3.05, 3.63) is 35.6 Å². The molecule has 1 fully saturated rings. The van der Waals surface area contributed by atoms with Gasteiger partial charge in [-0.3, -0.25) is 4.90 Å². The summed E-state index contributed by atoms with van der Waals surface area (Å²) in [4.78, 5) is 2.09. The van der Waals surface area contributed by atoms with E-state index in [-0.39, 0.29) is 5.82 Å². The first-order chi connectivity index (χ1) is 7.75. The van der Waals surface area contributed by atoms with Crippen LogP contribution in [0.25, 0.3) is 0 Å². The molecule has 4 heteroatoms. The van der Waals surface area contributed by atoms with Crippen molar-refractivity contribution in [2.45, 2.75) is 6.17 Å². The molecule has 1 N–H and O–H groups in total. The number of piperazine rings is 1. The first kappa shape index (κ1) is 11.5. The van der Waals surface area contributed by atoms with Gasteiger partial charge in [-0.15, -0.1) is 0 Å². The summed E-state index contributed by atoms with van der Waals surface area (Å²) >= 11 is 0. The third-order valence-corrected chi connectivity index (χ3v) is 2.86. The fourth-order valence-electron chi connectivity index (χ4n) is 1.90. The van der Waals surface area contributed by atoms with E-state index >= 15 is 0 Å². The lowest BCUT2D eigenvalue weighted by Crippen LogP contribution is -2.44. The standard InChI is InChI=1S/C12H16F2N2/c13-11-3-1-10(2-4-11)12(14)9-16-7-5-15-6-8-16/h1-4,12,15H,5-9H2. The molecule has 16 heavy (non-hydrogen) atoms. The van der Waals surface area contributed by atoms with Crippen molar-refractivity contribution in [3.63, 3.8) is 0 Å². The number of halogens is 2. The van der Waals surface area contributed by atoms with Crippen LogP contribution in [0.4, 0.5) is 8.78 Å². The molecule has 0 aromatic heterocycles. The minimum atomic E-state index is -1.03. The third-order valence-electron chi connectivity index (χ3n) is 2.86. The van der Waals surface area contributed by atoms with Crippen LogP contribution in [0.5, 0.6) is 0 Å². The van der Waals surface area contributed by atoms with E-state index in [1.165, 1.54) is 24.3 Å². The Hall–Kier alpha value is -1.00. The molecular weight excluding hydrogens is 210 g/mol. The van der Waals surface area contributed by atoms with E-state index in [9.17, 15) is 8.78 Å². The van der Waals surface area contributed by atoms with Gasteiger partial charge >= 0.3 is 0 Å². The highest BCUT2D eigenvalue weighted by Gasteiger charge is 2.16. The van der Waals surface area contributed by atoms with Crippen molar-refractivity contribution >= 4 is 0 Å². The molecular formula is C12H16F2N2. The molecule has 1 aliphatic rings. The minimum absolute atomic E-state index is 0.321. The maximum atomic E-state index is 13.9. The molecule has 88 valence electrons. The summed E-state index contributed by atoms with van der Waals surface area (Å²) in [5.41, 5.74) is 0.555. The summed E-state index contributed by atoms with van der Waals surface area (Å²) in [7, 11) is 0. The number of rotatable bonds is 3. The first-order valence-electron chi connectivity index (χ1n) is 5.58. The fraction of sp³-hybridized carbons (Fsp3) is 0.500. The number of alkyl halides is 1. The van der Waals surface area contributed by atoms with Crippen molar-refractivity contribution in [3.8, 4) is 0 Å². The lowest BCUT2D eigenvalue weighted by atomic mass is 10.1. The maximum Gasteiger partial charge on any atom is 0.138 e. The molecule has 0 amide bonds. The van der Waals surface area contributed by atoms with Gasteiger partial charge in [0.05, 0.1) is 0 Å². The summed E-state index contributed by atoms with van der Waals surface area (Å²) in [6.45, 7) is 3.98. The monoisotopic (exact) mass is 226 g/mol. The second-order valence-corrected chi connectivity index (χ2v) is 4.07. The number of nitrogens with zero attached hydrogens (tertiary/aromatic N) is 1. The second kappa shape index (κ2) is 5.37. The lowest BCUT2D eigenvalue weighted by Gasteiger charge is -2.28. The Kier molecular flexibility index (Phi) is 3.85. The summed E-state index contributed by atoms with van der Waals surface area (Å²) < 4.78 is 26.5. The maximum absolute atomic E-state index is 13.9. The Morgan fingerprint density at radius 2 is 1.81 bits per heavy atom. The highest BCUT2D eigenvalue weighted by atomic mass is 19.1. The summed E-state index contributed by atoms with van der Waals surface area (Å²) in [5, 5.41) is 3.22. The first-order valence-corrected chi connectivity index (χ1v) is 5.58. The molecule has 1 saturated heterocycles. The van der Waals surface area contributed by atoms with Gasteiger partial charge in [0, 0.05) is 32.7 Å². The molecule has 1 atom stereocenters. The van der Waals surface area contributed by atoms with Crippen LogP contribution in [-0.2, 0) is 0 Å². The molecule has 0 saturated carbocycles. The molecule has 0 radical (unpaired) electrons. The second-order valence-electron chi connectivity index (χ2n) is 4.07. The normalized spacial score (nSPS) is 19.6. The van der Waals surface area contributed by atoms with E-state index in [2.05, 4.69) is 10.2 Å². The Morgan fingerprint density at radius 3 is 2.44 bits per heavy atom. The van der Waals surface area contributed by atoms with Gasteiger partial charge in [0.15, 0.2) is 0 Å². The van der Waals surface area contributed by atoms with Gasteiger partial charge < -0.3 is 5.32 Å². The lowest BCUT2D eigenvalue weighted by molar-refractivity contribution is 0.175. The molecule has 0 aliphatic carbocycles. The van der Waals surface area contributed by atoms with Crippen LogP contribution < -0.4 is 5.32 Å². The van der Waals surface area contributed by atoms with Crippen LogP contribution in [0.3, 0.4) is 0 Å². The molecule has 2 rings (SSSR count). The number of hydrogen-bond acceptors (Lipinski definition) is 2. The SMILES string of the molecule is Fc1ccc(C(F)CN2CCNCC2)cc1. The minimum Gasteiger partial charge on any atom is -0.314 e. The van der Waals surface area contributed by atoms with E-state index < -0.39 is 6.17 Å². The molecule has 1 unspecified atom stereocenters. The average molecular weight is 226 g/mol. The van der Waals surface area contributed by atoms with E-state index in [1.807, 2.05) is 0 Å². The summed E-state index contributed by atoms with van der Waals surface area (Å²) in [6.07, 6.45) is -1.03. The third kappa shape index (κ3) is 3.00. The fourth-order valence-corrected chi connectivity index (χ4v) is 1.90. The number of benzene rings is 1. The highest BCUT2D eigenvalue weighted by Crippen LogP contribution is 2.19. The van der Waals surface area contributed by atoms with E-state index in [1.54, 1.807) is 0 Å². The van der Waals surface area contributed by atoms with Crippen molar-refractivity contribution in [1.29, 1.82) is 0 Å². The van der Waals surface area contributed by atoms with E-state index in [0.29, 0.717) is 12.1 Å². The largest absolute Gasteiger partial charge is 0.314 e. The number of nitrogens with one attached hydrogen (secondary N) is 1. The zero-order valence-corrected chi connectivity index (χ0v) is 9.13. The van der Waals surface area contributed by atoms with Gasteiger partial charge in [0.2, 0.25) is 0 Å². The Balaban J connectivity index is 1.91. The van der Waals surface area contributed by atoms with Crippen LogP contribution in [0.15, 0.2) is 24.3 Å². The molecule has 2 nitrogen and oxygen atoms in total.